The molecule has 144 valence electrons. The highest BCUT2D eigenvalue weighted by Gasteiger charge is 2.23. The zero-order valence-corrected chi connectivity index (χ0v) is 15.4. The highest BCUT2D eigenvalue weighted by atomic mass is 19.1. The zero-order valence-electron chi connectivity index (χ0n) is 15.4. The lowest BCUT2D eigenvalue weighted by Gasteiger charge is -2.35. The Balaban J connectivity index is 1.42. The third-order valence-corrected chi connectivity index (χ3v) is 4.75. The number of carbonyl (C=O) groups excluding carboxylic acids is 2. The van der Waals surface area contributed by atoms with E-state index in [1.54, 1.807) is 41.3 Å². The summed E-state index contributed by atoms with van der Waals surface area (Å²) in [7, 11) is 1.76. The molecule has 1 aliphatic rings. The summed E-state index contributed by atoms with van der Waals surface area (Å²) in [5.41, 5.74) is 0.804. The number of nitrogens with zero attached hydrogens (tertiary/aromatic N) is 3. The van der Waals surface area contributed by atoms with Crippen LogP contribution in [0.5, 0.6) is 0 Å². The molecule has 2 aromatic rings. The van der Waals surface area contributed by atoms with Gasteiger partial charge in [-0.1, -0.05) is 12.1 Å². The van der Waals surface area contributed by atoms with E-state index >= 15 is 0 Å². The molecule has 0 atom stereocenters. The topological polar surface area (TPSA) is 57.0 Å². The van der Waals surface area contributed by atoms with Gasteiger partial charge in [0, 0.05) is 33.2 Å². The Bertz CT molecular complexity index is 753. The van der Waals surface area contributed by atoms with Crippen LogP contribution >= 0.6 is 0 Å². The molecule has 1 aromatic carbocycles. The molecule has 2 amide bonds. The maximum absolute atomic E-state index is 13.0. The van der Waals surface area contributed by atoms with Crippen molar-refractivity contribution in [2.45, 2.75) is 13.0 Å². The van der Waals surface area contributed by atoms with Crippen LogP contribution in [0.15, 0.2) is 47.1 Å². The van der Waals surface area contributed by atoms with Gasteiger partial charge in [0.15, 0.2) is 0 Å². The van der Waals surface area contributed by atoms with E-state index in [1.165, 1.54) is 12.1 Å². The van der Waals surface area contributed by atoms with E-state index in [1.807, 2.05) is 6.07 Å². The van der Waals surface area contributed by atoms with E-state index in [0.29, 0.717) is 39.3 Å². The van der Waals surface area contributed by atoms with Crippen molar-refractivity contribution in [2.75, 3.05) is 39.8 Å². The molecule has 0 unspecified atom stereocenters. The molecule has 0 aliphatic carbocycles. The van der Waals surface area contributed by atoms with Gasteiger partial charge in [0.25, 0.3) is 0 Å². The predicted octanol–water partition coefficient (Wildman–Crippen LogP) is 1.76. The molecule has 1 fully saturated rings. The normalized spacial score (nSPS) is 15.0. The summed E-state index contributed by atoms with van der Waals surface area (Å²) in [6, 6.07) is 9.65. The average Bonchev–Trinajstić information content (AvgIpc) is 3.17. The van der Waals surface area contributed by atoms with Gasteiger partial charge in [-0.05, 0) is 29.8 Å². The lowest BCUT2D eigenvalue weighted by Crippen LogP contribution is -2.51. The van der Waals surface area contributed by atoms with Crippen molar-refractivity contribution in [2.24, 2.45) is 0 Å². The van der Waals surface area contributed by atoms with Crippen molar-refractivity contribution in [1.82, 2.24) is 14.7 Å². The largest absolute Gasteiger partial charge is 0.467 e. The number of amides is 2. The van der Waals surface area contributed by atoms with Gasteiger partial charge < -0.3 is 14.2 Å². The third-order valence-electron chi connectivity index (χ3n) is 4.75. The highest BCUT2D eigenvalue weighted by molar-refractivity contribution is 5.79. The molecule has 0 spiro atoms. The Morgan fingerprint density at radius 3 is 2.44 bits per heavy atom. The van der Waals surface area contributed by atoms with Crippen LogP contribution in [0, 0.1) is 5.82 Å². The maximum atomic E-state index is 13.0. The summed E-state index contributed by atoms with van der Waals surface area (Å²) < 4.78 is 18.2. The Kier molecular flexibility index (Phi) is 6.24. The Morgan fingerprint density at radius 2 is 1.81 bits per heavy atom. The molecule has 27 heavy (non-hydrogen) atoms. The number of halogens is 1. The molecule has 0 bridgehead atoms. The van der Waals surface area contributed by atoms with E-state index in [0.717, 1.165) is 11.3 Å². The fraction of sp³-hybridized carbons (Fsp3) is 0.400. The molecule has 0 radical (unpaired) electrons. The minimum atomic E-state index is -0.304. The molecule has 0 N–H and O–H groups in total. The first-order chi connectivity index (χ1) is 13.0. The van der Waals surface area contributed by atoms with E-state index in [-0.39, 0.29) is 24.1 Å². The summed E-state index contributed by atoms with van der Waals surface area (Å²) in [5, 5.41) is 0. The summed E-state index contributed by atoms with van der Waals surface area (Å²) in [6.45, 7) is 3.29. The van der Waals surface area contributed by atoms with Crippen LogP contribution in [0.2, 0.25) is 0 Å². The second-order valence-corrected chi connectivity index (χ2v) is 6.79. The second-order valence-electron chi connectivity index (χ2n) is 6.79. The number of hydrogen-bond acceptors (Lipinski definition) is 4. The summed E-state index contributed by atoms with van der Waals surface area (Å²) >= 11 is 0. The molecule has 0 saturated carbocycles. The van der Waals surface area contributed by atoms with Crippen molar-refractivity contribution in [3.05, 3.63) is 59.8 Å². The van der Waals surface area contributed by atoms with Gasteiger partial charge >= 0.3 is 0 Å². The first-order valence-corrected chi connectivity index (χ1v) is 9.02. The number of rotatable bonds is 6. The number of carbonyl (C=O) groups is 2. The Labute approximate surface area is 158 Å². The lowest BCUT2D eigenvalue weighted by atomic mass is 10.1. The van der Waals surface area contributed by atoms with Crippen LogP contribution < -0.4 is 0 Å². The summed E-state index contributed by atoms with van der Waals surface area (Å²) in [5.74, 6) is 0.503. The number of benzene rings is 1. The number of furan rings is 1. The fourth-order valence-corrected chi connectivity index (χ4v) is 3.08. The Morgan fingerprint density at radius 1 is 1.11 bits per heavy atom. The van der Waals surface area contributed by atoms with Gasteiger partial charge in [-0.2, -0.15) is 0 Å². The van der Waals surface area contributed by atoms with Crippen molar-refractivity contribution in [1.29, 1.82) is 0 Å². The minimum Gasteiger partial charge on any atom is -0.467 e. The lowest BCUT2D eigenvalue weighted by molar-refractivity contribution is -0.134. The maximum Gasteiger partial charge on any atom is 0.236 e. The van der Waals surface area contributed by atoms with Crippen LogP contribution in [-0.4, -0.2) is 66.3 Å². The Hall–Kier alpha value is -2.67. The highest BCUT2D eigenvalue weighted by Crippen LogP contribution is 2.09. The van der Waals surface area contributed by atoms with Crippen molar-refractivity contribution in [3.63, 3.8) is 0 Å². The van der Waals surface area contributed by atoms with Gasteiger partial charge in [0.1, 0.15) is 11.6 Å². The van der Waals surface area contributed by atoms with E-state index in [9.17, 15) is 14.0 Å². The molecule has 2 heterocycles. The molecular formula is C20H24FN3O3. The van der Waals surface area contributed by atoms with Crippen LogP contribution in [0.1, 0.15) is 11.3 Å². The monoisotopic (exact) mass is 373 g/mol. The zero-order chi connectivity index (χ0) is 19.2. The molecule has 3 rings (SSSR count). The summed E-state index contributed by atoms with van der Waals surface area (Å²) in [4.78, 5) is 30.3. The standard InChI is InChI=1S/C20H24FN3O3/c1-22(14-18-3-2-12-27-18)20(26)15-23-8-10-24(11-9-23)19(25)13-16-4-6-17(21)7-5-16/h2-7,12H,8-11,13-15H2,1H3. The van der Waals surface area contributed by atoms with Gasteiger partial charge in [0.05, 0.1) is 25.8 Å². The van der Waals surface area contributed by atoms with Crippen molar-refractivity contribution >= 4 is 11.8 Å². The number of hydrogen-bond donors (Lipinski definition) is 0. The molecule has 1 aromatic heterocycles. The second kappa shape index (κ2) is 8.81. The molecular weight excluding hydrogens is 349 g/mol. The van der Waals surface area contributed by atoms with Gasteiger partial charge in [-0.3, -0.25) is 14.5 Å². The molecule has 1 aliphatic heterocycles. The van der Waals surface area contributed by atoms with Gasteiger partial charge in [0.2, 0.25) is 11.8 Å². The average molecular weight is 373 g/mol. The molecule has 1 saturated heterocycles. The van der Waals surface area contributed by atoms with E-state index in [4.69, 9.17) is 4.42 Å². The number of piperazine rings is 1. The third kappa shape index (κ3) is 5.40. The molecule has 7 heteroatoms. The van der Waals surface area contributed by atoms with E-state index in [2.05, 4.69) is 4.90 Å². The van der Waals surface area contributed by atoms with Gasteiger partial charge in [-0.25, -0.2) is 4.39 Å². The van der Waals surface area contributed by atoms with Gasteiger partial charge in [-0.15, -0.1) is 0 Å². The van der Waals surface area contributed by atoms with Crippen LogP contribution in [0.25, 0.3) is 0 Å². The van der Waals surface area contributed by atoms with Crippen LogP contribution in [0.3, 0.4) is 0 Å². The fourth-order valence-electron chi connectivity index (χ4n) is 3.08. The van der Waals surface area contributed by atoms with Crippen molar-refractivity contribution in [3.8, 4) is 0 Å². The van der Waals surface area contributed by atoms with Crippen LogP contribution in [-0.2, 0) is 22.6 Å². The first-order valence-electron chi connectivity index (χ1n) is 9.02. The predicted molar refractivity (Wildman–Crippen MR) is 98.3 cm³/mol. The smallest absolute Gasteiger partial charge is 0.236 e. The number of likely N-dealkylation sites (N-methyl/N-ethyl adjacent to an activating group) is 1. The quantitative estimate of drug-likeness (QED) is 0.774. The molecule has 6 nitrogen and oxygen atoms in total. The summed E-state index contributed by atoms with van der Waals surface area (Å²) in [6.07, 6.45) is 1.86. The van der Waals surface area contributed by atoms with Crippen LogP contribution in [0.4, 0.5) is 4.39 Å². The van der Waals surface area contributed by atoms with E-state index < -0.39 is 0 Å². The van der Waals surface area contributed by atoms with Crippen molar-refractivity contribution < 1.29 is 18.4 Å². The SMILES string of the molecule is CN(Cc1ccco1)C(=O)CN1CCN(C(=O)Cc2ccc(F)cc2)CC1. The minimum absolute atomic E-state index is 0.0255. The first kappa shape index (κ1) is 19.1.